The molecular weight excluding hydrogens is 230 g/mol. The molecule has 5 heteroatoms. The molecule has 0 aliphatic heterocycles. The molecule has 0 atom stereocenters. The lowest BCUT2D eigenvalue weighted by molar-refractivity contribution is 0.292. The van der Waals surface area contributed by atoms with Crippen LogP contribution in [0.15, 0.2) is 41.5 Å². The van der Waals surface area contributed by atoms with Gasteiger partial charge < -0.3 is 4.74 Å². The number of nitrogens with zero attached hydrogens (tertiary/aromatic N) is 3. The van der Waals surface area contributed by atoms with Crippen molar-refractivity contribution in [3.8, 4) is 5.75 Å². The molecule has 1 heterocycles. The first-order valence-corrected chi connectivity index (χ1v) is 5.65. The topological polar surface area (TPSA) is 56.5 Å². The number of aryl methyl sites for hydroxylation is 1. The number of isocyanates is 1. The second-order valence-electron chi connectivity index (χ2n) is 3.62. The van der Waals surface area contributed by atoms with Crippen LogP contribution in [0.3, 0.4) is 0 Å². The number of hydrogen-bond acceptors (Lipinski definition) is 4. The predicted octanol–water partition coefficient (Wildman–Crippen LogP) is 2.45. The van der Waals surface area contributed by atoms with E-state index in [2.05, 4.69) is 10.1 Å². The SMILES string of the molecule is CCn1nccc1COc1ccc(N=C=O)cc1. The molecule has 0 aliphatic carbocycles. The fraction of sp³-hybridized carbons (Fsp3) is 0.231. The Balaban J connectivity index is 2.00. The first-order valence-electron chi connectivity index (χ1n) is 5.65. The summed E-state index contributed by atoms with van der Waals surface area (Å²) in [6.07, 6.45) is 3.25. The molecule has 0 saturated carbocycles. The van der Waals surface area contributed by atoms with Crippen LogP contribution in [-0.2, 0) is 17.9 Å². The Hall–Kier alpha value is -2.39. The zero-order valence-electron chi connectivity index (χ0n) is 10.0. The van der Waals surface area contributed by atoms with E-state index < -0.39 is 0 Å². The Morgan fingerprint density at radius 1 is 1.33 bits per heavy atom. The van der Waals surface area contributed by atoms with Gasteiger partial charge in [-0.25, -0.2) is 4.79 Å². The van der Waals surface area contributed by atoms with Gasteiger partial charge in [-0.3, -0.25) is 4.68 Å². The van der Waals surface area contributed by atoms with E-state index >= 15 is 0 Å². The summed E-state index contributed by atoms with van der Waals surface area (Å²) in [6.45, 7) is 3.31. The first-order chi connectivity index (χ1) is 8.83. The number of aliphatic imine (C=N–C) groups is 1. The van der Waals surface area contributed by atoms with Gasteiger partial charge >= 0.3 is 0 Å². The van der Waals surface area contributed by atoms with Gasteiger partial charge in [0.15, 0.2) is 0 Å². The Kier molecular flexibility index (Phi) is 3.89. The van der Waals surface area contributed by atoms with Crippen molar-refractivity contribution < 1.29 is 9.53 Å². The average Bonchev–Trinajstić information content (AvgIpc) is 2.86. The van der Waals surface area contributed by atoms with Gasteiger partial charge in [-0.2, -0.15) is 10.1 Å². The van der Waals surface area contributed by atoms with Gasteiger partial charge in [0.2, 0.25) is 6.08 Å². The van der Waals surface area contributed by atoms with Crippen LogP contribution in [0.25, 0.3) is 0 Å². The summed E-state index contributed by atoms with van der Waals surface area (Å²) in [4.78, 5) is 13.6. The number of ether oxygens (including phenoxy) is 1. The van der Waals surface area contributed by atoms with E-state index in [4.69, 9.17) is 4.74 Å². The summed E-state index contributed by atoms with van der Waals surface area (Å²) in [5.74, 6) is 0.726. The van der Waals surface area contributed by atoms with Crippen molar-refractivity contribution in [2.75, 3.05) is 0 Å². The quantitative estimate of drug-likeness (QED) is 0.598. The molecule has 2 aromatic rings. The largest absolute Gasteiger partial charge is 0.487 e. The molecule has 0 unspecified atom stereocenters. The van der Waals surface area contributed by atoms with Crippen molar-refractivity contribution in [3.63, 3.8) is 0 Å². The van der Waals surface area contributed by atoms with Gasteiger partial charge in [0.05, 0.1) is 11.4 Å². The third kappa shape index (κ3) is 2.84. The summed E-state index contributed by atoms with van der Waals surface area (Å²) >= 11 is 0. The molecule has 0 amide bonds. The van der Waals surface area contributed by atoms with Gasteiger partial charge in [-0.1, -0.05) is 0 Å². The van der Waals surface area contributed by atoms with Gasteiger partial charge in [0.1, 0.15) is 12.4 Å². The lowest BCUT2D eigenvalue weighted by Gasteiger charge is -2.07. The number of hydrogen-bond donors (Lipinski definition) is 0. The molecule has 5 nitrogen and oxygen atoms in total. The maximum absolute atomic E-state index is 10.1. The van der Waals surface area contributed by atoms with Gasteiger partial charge in [0.25, 0.3) is 0 Å². The van der Waals surface area contributed by atoms with Gasteiger partial charge in [-0.15, -0.1) is 0 Å². The van der Waals surface area contributed by atoms with Crippen molar-refractivity contribution in [3.05, 3.63) is 42.2 Å². The molecule has 0 bridgehead atoms. The second-order valence-corrected chi connectivity index (χ2v) is 3.62. The highest BCUT2D eigenvalue weighted by molar-refractivity contribution is 5.49. The Morgan fingerprint density at radius 3 is 2.78 bits per heavy atom. The van der Waals surface area contributed by atoms with E-state index in [0.717, 1.165) is 18.0 Å². The molecule has 0 saturated heterocycles. The highest BCUT2D eigenvalue weighted by atomic mass is 16.5. The summed E-state index contributed by atoms with van der Waals surface area (Å²) in [6, 6.07) is 8.87. The summed E-state index contributed by atoms with van der Waals surface area (Å²) in [5.41, 5.74) is 1.59. The summed E-state index contributed by atoms with van der Waals surface area (Å²) in [5, 5.41) is 4.16. The lowest BCUT2D eigenvalue weighted by atomic mass is 10.3. The van der Waals surface area contributed by atoms with E-state index in [1.54, 1.807) is 30.5 Å². The van der Waals surface area contributed by atoms with Crippen molar-refractivity contribution in [2.45, 2.75) is 20.1 Å². The number of aromatic nitrogens is 2. The molecule has 92 valence electrons. The Labute approximate surface area is 105 Å². The van der Waals surface area contributed by atoms with Crippen LogP contribution in [0.1, 0.15) is 12.6 Å². The van der Waals surface area contributed by atoms with Crippen LogP contribution in [0, 0.1) is 0 Å². The molecule has 0 fully saturated rings. The lowest BCUT2D eigenvalue weighted by Crippen LogP contribution is -2.05. The van der Waals surface area contributed by atoms with Crippen LogP contribution >= 0.6 is 0 Å². The molecular formula is C13H13N3O2. The second kappa shape index (κ2) is 5.80. The minimum Gasteiger partial charge on any atom is -0.487 e. The molecule has 1 aromatic carbocycles. The molecule has 0 radical (unpaired) electrons. The van der Waals surface area contributed by atoms with E-state index in [1.165, 1.54) is 6.08 Å². The average molecular weight is 243 g/mol. The first kappa shape index (κ1) is 12.1. The maximum atomic E-state index is 10.1. The number of carbonyl (C=O) groups excluding carboxylic acids is 1. The van der Waals surface area contributed by atoms with Crippen LogP contribution in [-0.4, -0.2) is 15.9 Å². The summed E-state index contributed by atoms with van der Waals surface area (Å²) in [7, 11) is 0. The fourth-order valence-electron chi connectivity index (χ4n) is 1.59. The molecule has 0 N–H and O–H groups in total. The van der Waals surface area contributed by atoms with Gasteiger partial charge in [-0.05, 0) is 37.3 Å². The van der Waals surface area contributed by atoms with E-state index in [1.807, 2.05) is 17.7 Å². The van der Waals surface area contributed by atoms with Crippen LogP contribution in [0.2, 0.25) is 0 Å². The molecule has 18 heavy (non-hydrogen) atoms. The monoisotopic (exact) mass is 243 g/mol. The normalized spacial score (nSPS) is 9.83. The smallest absolute Gasteiger partial charge is 0.240 e. The fourth-order valence-corrected chi connectivity index (χ4v) is 1.59. The highest BCUT2D eigenvalue weighted by Gasteiger charge is 2.01. The Morgan fingerprint density at radius 2 is 2.11 bits per heavy atom. The van der Waals surface area contributed by atoms with Crippen LogP contribution < -0.4 is 4.74 Å². The van der Waals surface area contributed by atoms with Gasteiger partial charge in [0, 0.05) is 12.7 Å². The maximum Gasteiger partial charge on any atom is 0.240 e. The minimum atomic E-state index is 0.462. The highest BCUT2D eigenvalue weighted by Crippen LogP contribution is 2.18. The molecule has 2 rings (SSSR count). The third-order valence-corrected chi connectivity index (χ3v) is 2.50. The predicted molar refractivity (Wildman–Crippen MR) is 66.5 cm³/mol. The van der Waals surface area contributed by atoms with Crippen molar-refractivity contribution >= 4 is 11.8 Å². The standard InChI is InChI=1S/C13H13N3O2/c1-2-16-12(7-8-15-16)9-18-13-5-3-11(4-6-13)14-10-17/h3-8H,2,9H2,1H3. The van der Waals surface area contributed by atoms with Crippen molar-refractivity contribution in [1.29, 1.82) is 0 Å². The van der Waals surface area contributed by atoms with Crippen molar-refractivity contribution in [2.24, 2.45) is 4.99 Å². The molecule has 1 aromatic heterocycles. The zero-order chi connectivity index (χ0) is 12.8. The third-order valence-electron chi connectivity index (χ3n) is 2.50. The summed E-state index contributed by atoms with van der Waals surface area (Å²) < 4.78 is 7.50. The van der Waals surface area contributed by atoms with E-state index in [9.17, 15) is 4.79 Å². The Bertz CT molecular complexity index is 554. The van der Waals surface area contributed by atoms with E-state index in [0.29, 0.717) is 12.3 Å². The number of benzene rings is 1. The molecule has 0 spiro atoms. The zero-order valence-corrected chi connectivity index (χ0v) is 10.0. The number of rotatable bonds is 5. The molecule has 0 aliphatic rings. The van der Waals surface area contributed by atoms with Crippen LogP contribution in [0.4, 0.5) is 5.69 Å². The van der Waals surface area contributed by atoms with Crippen LogP contribution in [0.5, 0.6) is 5.75 Å². The van der Waals surface area contributed by atoms with Crippen molar-refractivity contribution in [1.82, 2.24) is 9.78 Å². The minimum absolute atomic E-state index is 0.462. The van der Waals surface area contributed by atoms with E-state index in [-0.39, 0.29) is 0 Å².